The largest absolute Gasteiger partial charge is 0.370 e. The second-order valence-electron chi connectivity index (χ2n) is 10.3. The first kappa shape index (κ1) is 23.2. The van der Waals surface area contributed by atoms with Gasteiger partial charge in [0, 0.05) is 81.6 Å². The average molecular weight is 486 g/mol. The van der Waals surface area contributed by atoms with Crippen molar-refractivity contribution in [2.24, 2.45) is 7.05 Å². The van der Waals surface area contributed by atoms with Crippen LogP contribution in [0.5, 0.6) is 0 Å². The minimum atomic E-state index is -0.0518. The molecule has 3 aliphatic heterocycles. The van der Waals surface area contributed by atoms with Gasteiger partial charge >= 0.3 is 0 Å². The van der Waals surface area contributed by atoms with Crippen molar-refractivity contribution in [2.75, 3.05) is 55.6 Å². The molecule has 188 valence electrons. The minimum absolute atomic E-state index is 0.0518. The van der Waals surface area contributed by atoms with E-state index >= 15 is 0 Å². The van der Waals surface area contributed by atoms with E-state index in [0.717, 1.165) is 38.3 Å². The summed E-state index contributed by atoms with van der Waals surface area (Å²) in [6, 6.07) is 15.4. The average Bonchev–Trinajstić information content (AvgIpc) is 3.64. The molecule has 36 heavy (non-hydrogen) atoms. The van der Waals surface area contributed by atoms with E-state index in [4.69, 9.17) is 4.98 Å². The van der Waals surface area contributed by atoms with Crippen LogP contribution in [-0.2, 0) is 7.05 Å². The third-order valence-corrected chi connectivity index (χ3v) is 8.03. The Morgan fingerprint density at radius 2 is 1.69 bits per heavy atom. The van der Waals surface area contributed by atoms with E-state index in [1.54, 1.807) is 30.1 Å². The van der Waals surface area contributed by atoms with Gasteiger partial charge in [-0.2, -0.15) is 0 Å². The highest BCUT2D eigenvalue weighted by atomic mass is 16.1. The van der Waals surface area contributed by atoms with Crippen LogP contribution in [0.2, 0.25) is 0 Å². The topological polar surface area (TPSA) is 69.5 Å². The van der Waals surface area contributed by atoms with E-state index in [9.17, 15) is 4.79 Å². The predicted octanol–water partition coefficient (Wildman–Crippen LogP) is 2.67. The molecular weight excluding hydrogens is 450 g/mol. The maximum absolute atomic E-state index is 12.8. The van der Waals surface area contributed by atoms with Gasteiger partial charge in [0.1, 0.15) is 0 Å². The Bertz CT molecular complexity index is 1240. The molecule has 2 aromatic heterocycles. The number of nitrogens with zero attached hydrogens (tertiary/aromatic N) is 6. The fraction of sp³-hybridized carbons (Fsp3) is 0.464. The monoisotopic (exact) mass is 485 g/mol. The molecule has 3 saturated heterocycles. The van der Waals surface area contributed by atoms with Gasteiger partial charge in [-0.1, -0.05) is 12.1 Å². The fourth-order valence-corrected chi connectivity index (χ4v) is 5.93. The summed E-state index contributed by atoms with van der Waals surface area (Å²) in [5, 5.41) is 3.66. The Kier molecular flexibility index (Phi) is 6.46. The maximum atomic E-state index is 12.8. The minimum Gasteiger partial charge on any atom is -0.370 e. The number of hydrogen-bond acceptors (Lipinski definition) is 7. The van der Waals surface area contributed by atoms with Gasteiger partial charge in [0.05, 0.1) is 5.69 Å². The molecule has 6 rings (SSSR count). The Labute approximate surface area is 212 Å². The van der Waals surface area contributed by atoms with Gasteiger partial charge in [-0.05, 0) is 62.2 Å². The van der Waals surface area contributed by atoms with Gasteiger partial charge in [0.25, 0.3) is 5.56 Å². The van der Waals surface area contributed by atoms with Gasteiger partial charge in [-0.15, -0.1) is 0 Å². The number of likely N-dealkylation sites (tertiary alicyclic amines) is 1. The van der Waals surface area contributed by atoms with E-state index in [-0.39, 0.29) is 11.6 Å². The van der Waals surface area contributed by atoms with Crippen LogP contribution in [0, 0.1) is 0 Å². The fourth-order valence-electron chi connectivity index (χ4n) is 5.93. The molecule has 5 heterocycles. The molecule has 0 saturated carbocycles. The highest BCUT2D eigenvalue weighted by Gasteiger charge is 2.30. The van der Waals surface area contributed by atoms with Crippen molar-refractivity contribution in [2.45, 2.75) is 31.3 Å². The molecule has 3 aromatic rings. The summed E-state index contributed by atoms with van der Waals surface area (Å²) in [5.41, 5.74) is 4.13. The van der Waals surface area contributed by atoms with Crippen molar-refractivity contribution in [1.29, 1.82) is 0 Å². The molecule has 1 N–H and O–H groups in total. The molecule has 0 bridgehead atoms. The lowest BCUT2D eigenvalue weighted by atomic mass is 10.0. The third-order valence-electron chi connectivity index (χ3n) is 8.03. The Morgan fingerprint density at radius 1 is 0.917 bits per heavy atom. The third kappa shape index (κ3) is 4.63. The standard InChI is InChI=1S/C28H35N7O/c1-32-27(36)18-25(22-8-11-29-12-9-22)31-28(32)35-17-13-30-26(20-35)21-4-6-23(7-5-21)34-16-10-24(19-34)33-14-2-3-15-33/h4-9,11-12,18,24,26,30H,2-3,10,13-17,19-20H2,1H3/t24-,26?/m0/s1. The number of benzene rings is 1. The van der Waals surface area contributed by atoms with Crippen LogP contribution in [0.3, 0.4) is 0 Å². The second-order valence-corrected chi connectivity index (χ2v) is 10.3. The van der Waals surface area contributed by atoms with Gasteiger partial charge in [0.2, 0.25) is 5.95 Å². The first-order valence-electron chi connectivity index (χ1n) is 13.2. The van der Waals surface area contributed by atoms with Crippen LogP contribution < -0.4 is 20.7 Å². The van der Waals surface area contributed by atoms with E-state index in [0.29, 0.717) is 17.7 Å². The number of aromatic nitrogens is 3. The zero-order valence-corrected chi connectivity index (χ0v) is 21.0. The normalized spacial score (nSPS) is 22.9. The molecule has 1 aromatic carbocycles. The van der Waals surface area contributed by atoms with Crippen LogP contribution in [0.4, 0.5) is 11.6 Å². The molecule has 0 spiro atoms. The van der Waals surface area contributed by atoms with Crippen LogP contribution in [0.15, 0.2) is 59.7 Å². The Morgan fingerprint density at radius 3 is 2.47 bits per heavy atom. The van der Waals surface area contributed by atoms with Crippen molar-refractivity contribution in [1.82, 2.24) is 24.8 Å². The van der Waals surface area contributed by atoms with Gasteiger partial charge in [-0.25, -0.2) is 4.98 Å². The van der Waals surface area contributed by atoms with Crippen LogP contribution in [-0.4, -0.2) is 71.3 Å². The molecular formula is C28H35N7O. The Hall–Kier alpha value is -3.23. The van der Waals surface area contributed by atoms with E-state index in [1.807, 2.05) is 12.1 Å². The molecule has 2 atom stereocenters. The van der Waals surface area contributed by atoms with Crippen molar-refractivity contribution in [3.63, 3.8) is 0 Å². The van der Waals surface area contributed by atoms with E-state index in [1.165, 1.54) is 43.6 Å². The van der Waals surface area contributed by atoms with Crippen molar-refractivity contribution in [3.05, 3.63) is 70.8 Å². The van der Waals surface area contributed by atoms with E-state index < -0.39 is 0 Å². The summed E-state index contributed by atoms with van der Waals surface area (Å²) < 4.78 is 1.65. The summed E-state index contributed by atoms with van der Waals surface area (Å²) in [4.78, 5) is 29.2. The first-order chi connectivity index (χ1) is 17.7. The zero-order chi connectivity index (χ0) is 24.5. The molecule has 0 amide bonds. The number of nitrogens with one attached hydrogen (secondary N) is 1. The van der Waals surface area contributed by atoms with Crippen LogP contribution >= 0.6 is 0 Å². The summed E-state index contributed by atoms with van der Waals surface area (Å²) in [6.07, 6.45) is 7.44. The first-order valence-corrected chi connectivity index (χ1v) is 13.2. The highest BCUT2D eigenvalue weighted by Crippen LogP contribution is 2.28. The molecule has 1 unspecified atom stereocenters. The quantitative estimate of drug-likeness (QED) is 0.596. The smallest absolute Gasteiger partial charge is 0.255 e. The van der Waals surface area contributed by atoms with Crippen molar-refractivity contribution >= 4 is 11.6 Å². The lowest BCUT2D eigenvalue weighted by molar-refractivity contribution is 0.260. The predicted molar refractivity (Wildman–Crippen MR) is 144 cm³/mol. The van der Waals surface area contributed by atoms with Crippen molar-refractivity contribution < 1.29 is 0 Å². The molecule has 8 heteroatoms. The van der Waals surface area contributed by atoms with Gasteiger partial charge < -0.3 is 15.1 Å². The number of rotatable bonds is 5. The number of anilines is 2. The molecule has 0 radical (unpaired) electrons. The molecule has 3 aliphatic rings. The second kappa shape index (κ2) is 10.0. The SMILES string of the molecule is Cn1c(N2CCNC(c3ccc(N4CC[C@H](N5CCCC5)C4)cc3)C2)nc(-c2ccncc2)cc1=O. The summed E-state index contributed by atoms with van der Waals surface area (Å²) >= 11 is 0. The Balaban J connectivity index is 1.17. The van der Waals surface area contributed by atoms with Crippen LogP contribution in [0.1, 0.15) is 30.9 Å². The number of pyridine rings is 1. The highest BCUT2D eigenvalue weighted by molar-refractivity contribution is 5.59. The van der Waals surface area contributed by atoms with E-state index in [2.05, 4.69) is 49.3 Å². The summed E-state index contributed by atoms with van der Waals surface area (Å²) in [6.45, 7) is 7.23. The lowest BCUT2D eigenvalue weighted by Gasteiger charge is -2.35. The number of piperazine rings is 1. The zero-order valence-electron chi connectivity index (χ0n) is 21.0. The van der Waals surface area contributed by atoms with Gasteiger partial charge in [0.15, 0.2) is 0 Å². The summed E-state index contributed by atoms with van der Waals surface area (Å²) in [5.74, 6) is 0.711. The van der Waals surface area contributed by atoms with Gasteiger partial charge in [-0.3, -0.25) is 19.2 Å². The molecule has 8 nitrogen and oxygen atoms in total. The maximum Gasteiger partial charge on any atom is 0.255 e. The lowest BCUT2D eigenvalue weighted by Crippen LogP contribution is -2.47. The molecule has 3 fully saturated rings. The summed E-state index contributed by atoms with van der Waals surface area (Å²) in [7, 11) is 1.80. The number of hydrogen-bond donors (Lipinski definition) is 1. The van der Waals surface area contributed by atoms with Crippen LogP contribution in [0.25, 0.3) is 11.3 Å². The molecule has 0 aliphatic carbocycles. The van der Waals surface area contributed by atoms with Crippen molar-refractivity contribution in [3.8, 4) is 11.3 Å².